The van der Waals surface area contributed by atoms with E-state index >= 15 is 0 Å². The van der Waals surface area contributed by atoms with Crippen molar-refractivity contribution in [2.24, 2.45) is 0 Å². The molecule has 0 unspecified atom stereocenters. The van der Waals surface area contributed by atoms with Gasteiger partial charge in [-0.15, -0.1) is 0 Å². The molecule has 140 valence electrons. The van der Waals surface area contributed by atoms with Crippen molar-refractivity contribution >= 4 is 44.2 Å². The molecule has 4 nitrogen and oxygen atoms in total. The van der Waals surface area contributed by atoms with Gasteiger partial charge in [-0.3, -0.25) is 14.7 Å². The summed E-state index contributed by atoms with van der Waals surface area (Å²) in [7, 11) is 0. The number of amides is 1. The van der Waals surface area contributed by atoms with Crippen molar-refractivity contribution in [3.05, 3.63) is 88.7 Å². The number of anilines is 1. The first-order chi connectivity index (χ1) is 13.7. The van der Waals surface area contributed by atoms with Gasteiger partial charge >= 0.3 is 0 Å². The summed E-state index contributed by atoms with van der Waals surface area (Å²) in [6.07, 6.45) is 2.62. The van der Waals surface area contributed by atoms with Crippen LogP contribution in [-0.2, 0) is 13.0 Å². The predicted molar refractivity (Wildman–Crippen MR) is 115 cm³/mol. The molecule has 4 aromatic rings. The fraction of sp³-hybridized carbons (Fsp3) is 0.136. The van der Waals surface area contributed by atoms with Crippen LogP contribution in [-0.4, -0.2) is 15.9 Å². The van der Waals surface area contributed by atoms with Crippen LogP contribution in [0.15, 0.2) is 66.9 Å². The number of pyridine rings is 1. The van der Waals surface area contributed by atoms with Crippen LogP contribution in [0.2, 0.25) is 5.02 Å². The summed E-state index contributed by atoms with van der Waals surface area (Å²) >= 11 is 7.62. The molecule has 0 N–H and O–H groups in total. The minimum atomic E-state index is -0.148. The van der Waals surface area contributed by atoms with E-state index in [9.17, 15) is 4.79 Å². The first kappa shape index (κ1) is 18.6. The standard InChI is InChI=1S/C22H18ClN3OS/c1-2-15-7-6-11-19-20(15)25-22(28-19)26(14-18-10-3-4-12-24-18)21(27)16-8-5-9-17(23)13-16/h3-13H,2,14H2,1H3. The predicted octanol–water partition coefficient (Wildman–Crippen LogP) is 5.75. The number of rotatable bonds is 5. The number of benzene rings is 2. The van der Waals surface area contributed by atoms with E-state index in [0.717, 1.165) is 22.3 Å². The monoisotopic (exact) mass is 407 g/mol. The molecule has 2 aromatic carbocycles. The Bertz CT molecular complexity index is 1130. The van der Waals surface area contributed by atoms with E-state index in [2.05, 4.69) is 18.0 Å². The highest BCUT2D eigenvalue weighted by atomic mass is 35.5. The summed E-state index contributed by atoms with van der Waals surface area (Å²) in [5, 5.41) is 1.19. The fourth-order valence-corrected chi connectivity index (χ4v) is 4.25. The molecule has 0 aliphatic carbocycles. The van der Waals surface area contributed by atoms with E-state index in [1.54, 1.807) is 35.4 Å². The largest absolute Gasteiger partial charge is 0.278 e. The van der Waals surface area contributed by atoms with Crippen molar-refractivity contribution in [2.45, 2.75) is 19.9 Å². The molecule has 1 amide bonds. The third-order valence-electron chi connectivity index (χ3n) is 4.47. The Labute approximate surface area is 172 Å². The SMILES string of the molecule is CCc1cccc2sc(N(Cc3ccccn3)C(=O)c3cccc(Cl)c3)nc12. The minimum Gasteiger partial charge on any atom is -0.278 e. The zero-order valence-corrected chi connectivity index (χ0v) is 16.9. The van der Waals surface area contributed by atoms with Gasteiger partial charge in [0.05, 0.1) is 22.5 Å². The molecule has 0 aliphatic heterocycles. The maximum absolute atomic E-state index is 13.3. The summed E-state index contributed by atoms with van der Waals surface area (Å²) < 4.78 is 1.07. The molecule has 0 atom stereocenters. The molecule has 2 aromatic heterocycles. The molecule has 28 heavy (non-hydrogen) atoms. The zero-order chi connectivity index (χ0) is 19.5. The molecule has 4 rings (SSSR count). The topological polar surface area (TPSA) is 46.1 Å². The van der Waals surface area contributed by atoms with Gasteiger partial charge < -0.3 is 0 Å². The Morgan fingerprint density at radius 2 is 1.96 bits per heavy atom. The molecule has 0 saturated heterocycles. The average Bonchev–Trinajstić information content (AvgIpc) is 3.16. The normalized spacial score (nSPS) is 10.9. The van der Waals surface area contributed by atoms with Crippen molar-refractivity contribution in [3.8, 4) is 0 Å². The molecule has 6 heteroatoms. The van der Waals surface area contributed by atoms with Crippen molar-refractivity contribution in [3.63, 3.8) is 0 Å². The lowest BCUT2D eigenvalue weighted by molar-refractivity contribution is 0.0985. The van der Waals surface area contributed by atoms with E-state index in [1.165, 1.54) is 16.9 Å². The third-order valence-corrected chi connectivity index (χ3v) is 5.74. The number of hydrogen-bond donors (Lipinski definition) is 0. The number of carbonyl (C=O) groups is 1. The minimum absolute atomic E-state index is 0.148. The summed E-state index contributed by atoms with van der Waals surface area (Å²) in [5.74, 6) is -0.148. The molecular formula is C22H18ClN3OS. The number of fused-ring (bicyclic) bond motifs is 1. The van der Waals surface area contributed by atoms with Crippen LogP contribution in [0.1, 0.15) is 28.5 Å². The number of aryl methyl sites for hydroxylation is 1. The Kier molecular flexibility index (Phi) is 5.37. The zero-order valence-electron chi connectivity index (χ0n) is 15.3. The number of thiazole rings is 1. The van der Waals surface area contributed by atoms with Crippen LogP contribution in [0.5, 0.6) is 0 Å². The fourth-order valence-electron chi connectivity index (χ4n) is 3.05. The highest BCUT2D eigenvalue weighted by molar-refractivity contribution is 7.22. The van der Waals surface area contributed by atoms with Gasteiger partial charge in [-0.25, -0.2) is 4.98 Å². The van der Waals surface area contributed by atoms with Gasteiger partial charge in [0, 0.05) is 16.8 Å². The molecule has 2 heterocycles. The van der Waals surface area contributed by atoms with E-state index < -0.39 is 0 Å². The Hall–Kier alpha value is -2.76. The summed E-state index contributed by atoms with van der Waals surface area (Å²) in [6, 6.07) is 18.8. The maximum Gasteiger partial charge on any atom is 0.260 e. The number of aromatic nitrogens is 2. The number of hydrogen-bond acceptors (Lipinski definition) is 4. The number of carbonyl (C=O) groups excluding carboxylic acids is 1. The molecule has 0 fully saturated rings. The molecule has 0 bridgehead atoms. The van der Waals surface area contributed by atoms with Crippen LogP contribution < -0.4 is 4.90 Å². The lowest BCUT2D eigenvalue weighted by Gasteiger charge is -2.19. The van der Waals surface area contributed by atoms with Gasteiger partial charge in [0.15, 0.2) is 5.13 Å². The Morgan fingerprint density at radius 3 is 2.71 bits per heavy atom. The smallest absolute Gasteiger partial charge is 0.260 e. The Morgan fingerprint density at radius 1 is 1.11 bits per heavy atom. The maximum atomic E-state index is 13.3. The van der Waals surface area contributed by atoms with E-state index in [-0.39, 0.29) is 5.91 Å². The van der Waals surface area contributed by atoms with Gasteiger partial charge in [-0.2, -0.15) is 0 Å². The summed E-state index contributed by atoms with van der Waals surface area (Å²) in [5.41, 5.74) is 3.45. The number of para-hydroxylation sites is 1. The van der Waals surface area contributed by atoms with Crippen molar-refractivity contribution < 1.29 is 4.79 Å². The van der Waals surface area contributed by atoms with Crippen LogP contribution in [0.25, 0.3) is 10.2 Å². The first-order valence-corrected chi connectivity index (χ1v) is 10.2. The third kappa shape index (κ3) is 3.77. The second-order valence-electron chi connectivity index (χ2n) is 6.34. The van der Waals surface area contributed by atoms with Crippen LogP contribution in [0, 0.1) is 0 Å². The van der Waals surface area contributed by atoms with Crippen LogP contribution >= 0.6 is 22.9 Å². The summed E-state index contributed by atoms with van der Waals surface area (Å²) in [6.45, 7) is 2.45. The van der Waals surface area contributed by atoms with Crippen LogP contribution in [0.4, 0.5) is 5.13 Å². The highest BCUT2D eigenvalue weighted by Gasteiger charge is 2.23. The van der Waals surface area contributed by atoms with Crippen molar-refractivity contribution in [2.75, 3.05) is 4.90 Å². The molecular weight excluding hydrogens is 390 g/mol. The lowest BCUT2D eigenvalue weighted by atomic mass is 10.1. The van der Waals surface area contributed by atoms with Gasteiger partial charge in [0.25, 0.3) is 5.91 Å². The number of halogens is 1. The second kappa shape index (κ2) is 8.09. The van der Waals surface area contributed by atoms with Crippen molar-refractivity contribution in [1.82, 2.24) is 9.97 Å². The van der Waals surface area contributed by atoms with E-state index in [0.29, 0.717) is 22.3 Å². The van der Waals surface area contributed by atoms with Gasteiger partial charge in [0.2, 0.25) is 0 Å². The van der Waals surface area contributed by atoms with Gasteiger partial charge in [0.1, 0.15) is 0 Å². The molecule has 0 saturated carbocycles. The van der Waals surface area contributed by atoms with Gasteiger partial charge in [-0.05, 0) is 48.4 Å². The number of nitrogens with zero attached hydrogens (tertiary/aromatic N) is 3. The van der Waals surface area contributed by atoms with E-state index in [1.807, 2.05) is 30.3 Å². The highest BCUT2D eigenvalue weighted by Crippen LogP contribution is 2.32. The quantitative estimate of drug-likeness (QED) is 0.423. The van der Waals surface area contributed by atoms with Gasteiger partial charge in [-0.1, -0.05) is 54.1 Å². The lowest BCUT2D eigenvalue weighted by Crippen LogP contribution is -2.30. The van der Waals surface area contributed by atoms with Crippen LogP contribution in [0.3, 0.4) is 0 Å². The van der Waals surface area contributed by atoms with E-state index in [4.69, 9.17) is 16.6 Å². The van der Waals surface area contributed by atoms with Crippen molar-refractivity contribution in [1.29, 1.82) is 0 Å². The molecule has 0 aliphatic rings. The summed E-state index contributed by atoms with van der Waals surface area (Å²) in [4.78, 5) is 24.2. The average molecular weight is 408 g/mol. The first-order valence-electron chi connectivity index (χ1n) is 9.01. The Balaban J connectivity index is 1.79. The molecule has 0 spiro atoms. The molecule has 0 radical (unpaired) electrons. The second-order valence-corrected chi connectivity index (χ2v) is 7.78.